The number of carbonyl (C=O) groups excluding carboxylic acids is 1. The molecule has 0 aliphatic heterocycles. The number of anilines is 1. The molecule has 1 heterocycles. The number of nitrogens with one attached hydrogen (secondary N) is 1. The van der Waals surface area contributed by atoms with Crippen LogP contribution in [0.2, 0.25) is 0 Å². The molecule has 1 N–H and O–H groups in total. The van der Waals surface area contributed by atoms with E-state index in [2.05, 4.69) is 26.4 Å². The summed E-state index contributed by atoms with van der Waals surface area (Å²) in [6.07, 6.45) is 1.58. The quantitative estimate of drug-likeness (QED) is 0.677. The van der Waals surface area contributed by atoms with E-state index in [0.717, 1.165) is 15.6 Å². The van der Waals surface area contributed by atoms with Crippen LogP contribution in [0.25, 0.3) is 11.3 Å². The van der Waals surface area contributed by atoms with Gasteiger partial charge in [0.1, 0.15) is 5.69 Å². The third-order valence-corrected chi connectivity index (χ3v) is 3.91. The molecule has 0 saturated heterocycles. The predicted molar refractivity (Wildman–Crippen MR) is 94.8 cm³/mol. The minimum Gasteiger partial charge on any atom is -0.449 e. The molecule has 0 aliphatic carbocycles. The third kappa shape index (κ3) is 4.23. The monoisotopic (exact) mass is 386 g/mol. The Hall–Kier alpha value is -2.60. The van der Waals surface area contributed by atoms with Gasteiger partial charge in [-0.2, -0.15) is 0 Å². The van der Waals surface area contributed by atoms with E-state index in [9.17, 15) is 4.79 Å². The van der Waals surface area contributed by atoms with Crippen LogP contribution < -0.4 is 5.32 Å². The lowest BCUT2D eigenvalue weighted by atomic mass is 10.1. The maximum atomic E-state index is 11.9. The molecule has 122 valence electrons. The van der Waals surface area contributed by atoms with Crippen molar-refractivity contribution in [2.24, 2.45) is 0 Å². The molecule has 6 heteroatoms. The first kappa shape index (κ1) is 16.3. The lowest BCUT2D eigenvalue weighted by molar-refractivity contribution is 0.163. The Morgan fingerprint density at radius 1 is 1.12 bits per heavy atom. The highest BCUT2D eigenvalue weighted by atomic mass is 79.9. The summed E-state index contributed by atoms with van der Waals surface area (Å²) in [5, 5.41) is 6.41. The number of hydrogen-bond acceptors (Lipinski definition) is 4. The van der Waals surface area contributed by atoms with Gasteiger partial charge in [0.05, 0.1) is 12.8 Å². The molecule has 3 rings (SSSR count). The molecule has 0 aliphatic rings. The van der Waals surface area contributed by atoms with Crippen LogP contribution in [0.15, 0.2) is 69.8 Å². The van der Waals surface area contributed by atoms with Crippen molar-refractivity contribution in [3.05, 3.63) is 70.8 Å². The van der Waals surface area contributed by atoms with Crippen molar-refractivity contribution in [3.8, 4) is 11.3 Å². The lowest BCUT2D eigenvalue weighted by Gasteiger charge is -2.07. The standard InChI is InChI=1S/C18H15BrN2O3/c19-15-8-6-14(7-9-15)17-16(12-20-24-17)21-18(22)23-11-10-13-4-2-1-3-5-13/h1-9,12H,10-11H2,(H,21,22). The smallest absolute Gasteiger partial charge is 0.411 e. The van der Waals surface area contributed by atoms with Crippen LogP contribution in [0, 0.1) is 0 Å². The van der Waals surface area contributed by atoms with Gasteiger partial charge in [-0.3, -0.25) is 5.32 Å². The van der Waals surface area contributed by atoms with Gasteiger partial charge < -0.3 is 9.26 Å². The van der Waals surface area contributed by atoms with E-state index in [4.69, 9.17) is 9.26 Å². The second-order valence-corrected chi connectivity index (χ2v) is 5.99. The summed E-state index contributed by atoms with van der Waals surface area (Å²) < 4.78 is 11.4. The van der Waals surface area contributed by atoms with Gasteiger partial charge in [0.15, 0.2) is 5.76 Å². The topological polar surface area (TPSA) is 64.4 Å². The number of nitrogens with zero attached hydrogens (tertiary/aromatic N) is 1. The maximum Gasteiger partial charge on any atom is 0.411 e. The molecule has 0 bridgehead atoms. The Kier molecular flexibility index (Phi) is 5.28. The Morgan fingerprint density at radius 3 is 2.62 bits per heavy atom. The van der Waals surface area contributed by atoms with E-state index < -0.39 is 6.09 Å². The van der Waals surface area contributed by atoms with Gasteiger partial charge in [0.25, 0.3) is 0 Å². The molecule has 24 heavy (non-hydrogen) atoms. The van der Waals surface area contributed by atoms with Crippen LogP contribution in [0.1, 0.15) is 5.56 Å². The van der Waals surface area contributed by atoms with Crippen molar-refractivity contribution in [2.75, 3.05) is 11.9 Å². The molecular formula is C18H15BrN2O3. The number of halogens is 1. The highest BCUT2D eigenvalue weighted by Crippen LogP contribution is 2.28. The van der Waals surface area contributed by atoms with E-state index in [1.165, 1.54) is 6.20 Å². The van der Waals surface area contributed by atoms with Crippen LogP contribution in [0.5, 0.6) is 0 Å². The van der Waals surface area contributed by atoms with Crippen LogP contribution in [-0.4, -0.2) is 17.9 Å². The highest BCUT2D eigenvalue weighted by molar-refractivity contribution is 9.10. The molecule has 0 fully saturated rings. The van der Waals surface area contributed by atoms with E-state index >= 15 is 0 Å². The summed E-state index contributed by atoms with van der Waals surface area (Å²) in [5.74, 6) is 0.488. The molecule has 1 amide bonds. The number of amides is 1. The van der Waals surface area contributed by atoms with Crippen LogP contribution in [-0.2, 0) is 11.2 Å². The molecule has 5 nitrogen and oxygen atoms in total. The average Bonchev–Trinajstić information content (AvgIpc) is 3.04. The summed E-state index contributed by atoms with van der Waals surface area (Å²) in [7, 11) is 0. The average molecular weight is 387 g/mol. The Balaban J connectivity index is 1.57. The van der Waals surface area contributed by atoms with Gasteiger partial charge in [-0.1, -0.05) is 51.4 Å². The molecule has 0 atom stereocenters. The highest BCUT2D eigenvalue weighted by Gasteiger charge is 2.14. The van der Waals surface area contributed by atoms with Gasteiger partial charge >= 0.3 is 6.09 Å². The van der Waals surface area contributed by atoms with E-state index in [1.54, 1.807) is 0 Å². The lowest BCUT2D eigenvalue weighted by Crippen LogP contribution is -2.15. The molecule has 0 spiro atoms. The van der Waals surface area contributed by atoms with Gasteiger partial charge in [-0.05, 0) is 29.8 Å². The first-order valence-corrected chi connectivity index (χ1v) is 8.20. The van der Waals surface area contributed by atoms with Gasteiger partial charge in [-0.15, -0.1) is 0 Å². The molecular weight excluding hydrogens is 372 g/mol. The molecule has 1 aromatic heterocycles. The Labute approximate surface area is 147 Å². The number of benzene rings is 2. The van der Waals surface area contributed by atoms with E-state index in [1.807, 2.05) is 54.6 Å². The number of ether oxygens (including phenoxy) is 1. The van der Waals surface area contributed by atoms with E-state index in [-0.39, 0.29) is 0 Å². The fourth-order valence-corrected chi connectivity index (χ4v) is 2.45. The summed E-state index contributed by atoms with van der Waals surface area (Å²) in [5.41, 5.74) is 2.41. The molecule has 2 aromatic carbocycles. The molecule has 0 unspecified atom stereocenters. The second-order valence-electron chi connectivity index (χ2n) is 5.07. The van der Waals surface area contributed by atoms with Crippen molar-refractivity contribution in [1.29, 1.82) is 0 Å². The molecule has 3 aromatic rings. The van der Waals surface area contributed by atoms with Crippen molar-refractivity contribution in [3.63, 3.8) is 0 Å². The number of hydrogen-bond donors (Lipinski definition) is 1. The maximum absolute atomic E-state index is 11.9. The van der Waals surface area contributed by atoms with Gasteiger partial charge in [-0.25, -0.2) is 4.79 Å². The zero-order valence-electron chi connectivity index (χ0n) is 12.7. The third-order valence-electron chi connectivity index (χ3n) is 3.38. The Morgan fingerprint density at radius 2 is 1.88 bits per heavy atom. The predicted octanol–water partition coefficient (Wildman–Crippen LogP) is 4.90. The fourth-order valence-electron chi connectivity index (χ4n) is 2.19. The number of carbonyl (C=O) groups is 1. The largest absolute Gasteiger partial charge is 0.449 e. The van der Waals surface area contributed by atoms with Gasteiger partial charge in [0, 0.05) is 16.5 Å². The van der Waals surface area contributed by atoms with E-state index in [0.29, 0.717) is 24.5 Å². The zero-order chi connectivity index (χ0) is 16.8. The SMILES string of the molecule is O=C(Nc1cnoc1-c1ccc(Br)cc1)OCCc1ccccc1. The Bertz CT molecular complexity index is 801. The summed E-state index contributed by atoms with van der Waals surface area (Å²) in [4.78, 5) is 11.9. The molecule has 0 radical (unpaired) electrons. The number of aromatic nitrogens is 1. The summed E-state index contributed by atoms with van der Waals surface area (Å²) in [6.45, 7) is 0.300. The minimum absolute atomic E-state index is 0.300. The first-order chi connectivity index (χ1) is 11.7. The van der Waals surface area contributed by atoms with Crippen molar-refractivity contribution in [1.82, 2.24) is 5.16 Å². The van der Waals surface area contributed by atoms with Crippen molar-refractivity contribution in [2.45, 2.75) is 6.42 Å². The number of rotatable bonds is 5. The van der Waals surface area contributed by atoms with Crippen LogP contribution in [0.4, 0.5) is 10.5 Å². The first-order valence-electron chi connectivity index (χ1n) is 7.41. The summed E-state index contributed by atoms with van der Waals surface area (Å²) >= 11 is 3.38. The normalized spacial score (nSPS) is 10.4. The van der Waals surface area contributed by atoms with Crippen molar-refractivity contribution >= 4 is 27.7 Å². The molecule has 0 saturated carbocycles. The van der Waals surface area contributed by atoms with Crippen LogP contribution >= 0.6 is 15.9 Å². The van der Waals surface area contributed by atoms with Crippen molar-refractivity contribution < 1.29 is 14.1 Å². The zero-order valence-corrected chi connectivity index (χ0v) is 14.3. The summed E-state index contributed by atoms with van der Waals surface area (Å²) in [6, 6.07) is 17.4. The van der Waals surface area contributed by atoms with Crippen LogP contribution in [0.3, 0.4) is 0 Å². The fraction of sp³-hybridized carbons (Fsp3) is 0.111. The second kappa shape index (κ2) is 7.79. The van der Waals surface area contributed by atoms with Gasteiger partial charge in [0.2, 0.25) is 0 Å². The minimum atomic E-state index is -0.535.